The third-order valence-electron chi connectivity index (χ3n) is 10.9. The lowest BCUT2D eigenvalue weighted by Gasteiger charge is -2.40. The molecule has 0 radical (unpaired) electrons. The van der Waals surface area contributed by atoms with E-state index in [1.165, 1.54) is 53.9 Å². The number of cyclic esters (lactones) is 1. The number of hydrogen-bond acceptors (Lipinski definition) is 11. The summed E-state index contributed by atoms with van der Waals surface area (Å²) in [7, 11) is 1.46. The molecule has 0 spiro atoms. The number of fused-ring (bicyclic) bond motifs is 2. The number of aromatic nitrogens is 1. The van der Waals surface area contributed by atoms with Crippen LogP contribution in [0.15, 0.2) is 79.0 Å². The van der Waals surface area contributed by atoms with E-state index >= 15 is 0 Å². The van der Waals surface area contributed by atoms with E-state index < -0.39 is 95.2 Å². The van der Waals surface area contributed by atoms with Crippen molar-refractivity contribution in [3.05, 3.63) is 95.8 Å². The van der Waals surface area contributed by atoms with Gasteiger partial charge in [-0.2, -0.15) is 0 Å². The molecule has 3 aliphatic rings. The van der Waals surface area contributed by atoms with Crippen LogP contribution in [-0.2, 0) is 44.7 Å². The molecular formula is C42H47N7O10. The van der Waals surface area contributed by atoms with Gasteiger partial charge in [0.1, 0.15) is 47.8 Å². The van der Waals surface area contributed by atoms with Gasteiger partial charge in [-0.3, -0.25) is 33.6 Å². The van der Waals surface area contributed by atoms with Crippen molar-refractivity contribution in [1.82, 2.24) is 35.6 Å². The molecule has 3 fully saturated rings. The van der Waals surface area contributed by atoms with E-state index in [2.05, 4.69) is 20.9 Å². The molecule has 2 aromatic carbocycles. The number of rotatable bonds is 5. The molecule has 4 heterocycles. The van der Waals surface area contributed by atoms with Gasteiger partial charge in [-0.25, -0.2) is 9.78 Å². The van der Waals surface area contributed by atoms with Crippen LogP contribution in [0.3, 0.4) is 0 Å². The van der Waals surface area contributed by atoms with Crippen LogP contribution in [0.25, 0.3) is 0 Å². The predicted octanol–water partition coefficient (Wildman–Crippen LogP) is 0.814. The standard InChI is InChI=1S/C42H47N7O10/c1-24-39(55)48-20-11-16-29(48)40(56)47(3)31(22-26-12-6-4-7-13-26)41(57)49-21-18-28(50)23-30(49)36(52)46-34(27-14-8-5-9-15-27)42(58)59-25(2)33(37(53)44-24)45-38(54)35-32(51)17-10-19-43-35/h4-10,12-15,17,19,24-25,29-31,33-34,51H,11,16,18,20-23H2,1-3H3,(H,44,53)(H,45,54)(H,46,52)/t24-,25-,29+,30+,31+,33+,34+/m1/s1. The van der Waals surface area contributed by atoms with Gasteiger partial charge in [-0.15, -0.1) is 0 Å². The first kappa shape index (κ1) is 42.0. The van der Waals surface area contributed by atoms with E-state index in [1.807, 2.05) is 0 Å². The summed E-state index contributed by atoms with van der Waals surface area (Å²) in [6.07, 6.45) is 0.151. The van der Waals surface area contributed by atoms with Crippen LogP contribution >= 0.6 is 0 Å². The third-order valence-corrected chi connectivity index (χ3v) is 10.9. The molecule has 3 aromatic rings. The van der Waals surface area contributed by atoms with E-state index in [4.69, 9.17) is 4.74 Å². The number of ketones is 1. The van der Waals surface area contributed by atoms with Crippen LogP contribution in [0.4, 0.5) is 0 Å². The van der Waals surface area contributed by atoms with Crippen LogP contribution in [0, 0.1) is 0 Å². The molecule has 17 heteroatoms. The van der Waals surface area contributed by atoms with Gasteiger partial charge in [0, 0.05) is 45.6 Å². The van der Waals surface area contributed by atoms with Crippen LogP contribution in [0.5, 0.6) is 5.75 Å². The SMILES string of the molecule is C[C@H]1NC(=O)[C@@H](NC(=O)c2ncccc2O)[C@@H](C)OC(=O)[C@H](c2ccccc2)NC(=O)[C@@H]2CC(=O)CCN2C(=O)[C@H](Cc2ccccc2)N(C)C(=O)[C@@H]2CCCN2C1=O. The zero-order valence-corrected chi connectivity index (χ0v) is 32.9. The van der Waals surface area contributed by atoms with Crippen LogP contribution in [0.2, 0.25) is 0 Å². The number of ether oxygens (including phenoxy) is 1. The highest BCUT2D eigenvalue weighted by Gasteiger charge is 2.45. The maximum atomic E-state index is 14.7. The Kier molecular flexibility index (Phi) is 13.0. The first-order valence-corrected chi connectivity index (χ1v) is 19.5. The van der Waals surface area contributed by atoms with Gasteiger partial charge in [0.15, 0.2) is 11.7 Å². The minimum atomic E-state index is -1.68. The number of carbonyl (C=O) groups excluding carboxylic acids is 8. The molecule has 59 heavy (non-hydrogen) atoms. The number of hydrogen-bond donors (Lipinski definition) is 4. The molecule has 0 saturated carbocycles. The minimum absolute atomic E-state index is 0.0416. The summed E-state index contributed by atoms with van der Waals surface area (Å²) in [5.41, 5.74) is 0.552. The van der Waals surface area contributed by atoms with Crippen molar-refractivity contribution in [1.29, 1.82) is 0 Å². The van der Waals surface area contributed by atoms with Crippen molar-refractivity contribution in [3.63, 3.8) is 0 Å². The summed E-state index contributed by atoms with van der Waals surface area (Å²) in [6.45, 7) is 2.77. The van der Waals surface area contributed by atoms with Gasteiger partial charge in [-0.05, 0) is 49.9 Å². The Morgan fingerprint density at radius 3 is 2.20 bits per heavy atom. The fourth-order valence-corrected chi connectivity index (χ4v) is 7.69. The lowest BCUT2D eigenvalue weighted by molar-refractivity contribution is -0.156. The number of piperidine rings is 1. The second kappa shape index (κ2) is 18.3. The average Bonchev–Trinajstić information content (AvgIpc) is 3.73. The number of nitrogens with one attached hydrogen (secondary N) is 3. The van der Waals surface area contributed by atoms with Crippen molar-refractivity contribution >= 4 is 47.2 Å². The fraction of sp³-hybridized carbons (Fsp3) is 0.405. The molecule has 6 rings (SSSR count). The van der Waals surface area contributed by atoms with E-state index in [-0.39, 0.29) is 50.1 Å². The van der Waals surface area contributed by atoms with Gasteiger partial charge >= 0.3 is 5.97 Å². The van der Waals surface area contributed by atoms with Crippen molar-refractivity contribution < 1.29 is 48.2 Å². The van der Waals surface area contributed by atoms with Crippen molar-refractivity contribution in [3.8, 4) is 5.75 Å². The Bertz CT molecular complexity index is 2100. The minimum Gasteiger partial charge on any atom is -0.505 e. The Hall–Kier alpha value is -6.65. The van der Waals surface area contributed by atoms with Gasteiger partial charge in [0.25, 0.3) is 5.91 Å². The number of likely N-dealkylation sites (N-methyl/N-ethyl adjacent to an activating group) is 1. The topological polar surface area (TPSA) is 225 Å². The summed E-state index contributed by atoms with van der Waals surface area (Å²) in [5, 5.41) is 18.0. The molecule has 17 nitrogen and oxygen atoms in total. The second-order valence-electron chi connectivity index (χ2n) is 14.9. The summed E-state index contributed by atoms with van der Waals surface area (Å²) >= 11 is 0. The van der Waals surface area contributed by atoms with Crippen LogP contribution < -0.4 is 16.0 Å². The maximum Gasteiger partial charge on any atom is 0.333 e. The van der Waals surface area contributed by atoms with E-state index in [1.54, 1.807) is 60.7 Å². The summed E-state index contributed by atoms with van der Waals surface area (Å²) in [6, 6.07) is 11.6. The Balaban J connectivity index is 1.42. The number of aromatic hydroxyl groups is 1. The van der Waals surface area contributed by atoms with Crippen molar-refractivity contribution in [2.75, 3.05) is 20.1 Å². The molecule has 3 saturated heterocycles. The van der Waals surface area contributed by atoms with Gasteiger partial charge < -0.3 is 40.5 Å². The summed E-state index contributed by atoms with van der Waals surface area (Å²) in [4.78, 5) is 120. The fourth-order valence-electron chi connectivity index (χ4n) is 7.69. The number of nitrogens with zero attached hydrogens (tertiary/aromatic N) is 4. The largest absolute Gasteiger partial charge is 0.505 e. The third kappa shape index (κ3) is 9.40. The highest BCUT2D eigenvalue weighted by atomic mass is 16.5. The number of amides is 6. The van der Waals surface area contributed by atoms with Gasteiger partial charge in [0.2, 0.25) is 29.5 Å². The first-order valence-electron chi connectivity index (χ1n) is 19.5. The van der Waals surface area contributed by atoms with E-state index in [9.17, 15) is 43.5 Å². The van der Waals surface area contributed by atoms with E-state index in [0.717, 1.165) is 5.56 Å². The number of benzene rings is 2. The molecule has 0 aliphatic carbocycles. The Labute approximate surface area is 340 Å². The molecule has 4 N–H and O–H groups in total. The number of pyridine rings is 1. The first-order chi connectivity index (χ1) is 28.2. The quantitative estimate of drug-likeness (QED) is 0.264. The van der Waals surface area contributed by atoms with Crippen molar-refractivity contribution in [2.45, 2.75) is 88.3 Å². The molecule has 0 unspecified atom stereocenters. The molecule has 3 aliphatic heterocycles. The van der Waals surface area contributed by atoms with Gasteiger partial charge in [-0.1, -0.05) is 60.7 Å². The Morgan fingerprint density at radius 1 is 0.831 bits per heavy atom. The molecule has 6 amide bonds. The summed E-state index contributed by atoms with van der Waals surface area (Å²) < 4.78 is 5.80. The average molecular weight is 810 g/mol. The van der Waals surface area contributed by atoms with Crippen LogP contribution in [0.1, 0.15) is 67.2 Å². The van der Waals surface area contributed by atoms with Crippen molar-refractivity contribution in [2.24, 2.45) is 0 Å². The van der Waals surface area contributed by atoms with E-state index in [0.29, 0.717) is 6.42 Å². The zero-order chi connectivity index (χ0) is 42.4. The number of Topliss-reactive ketones (excluding diaryl/α,β-unsaturated/α-hetero) is 1. The Morgan fingerprint density at radius 2 is 1.51 bits per heavy atom. The summed E-state index contributed by atoms with van der Waals surface area (Å²) in [5.74, 6) is -6.37. The number of esters is 1. The molecule has 7 atom stereocenters. The molecule has 1 aromatic heterocycles. The van der Waals surface area contributed by atoms with Gasteiger partial charge in [0.05, 0.1) is 0 Å². The van der Waals surface area contributed by atoms with Crippen LogP contribution in [-0.4, -0.2) is 128 Å². The predicted molar refractivity (Wildman–Crippen MR) is 209 cm³/mol. The zero-order valence-electron chi connectivity index (χ0n) is 32.9. The molecule has 0 bridgehead atoms. The lowest BCUT2D eigenvalue weighted by atomic mass is 9.95. The smallest absolute Gasteiger partial charge is 0.333 e. The lowest BCUT2D eigenvalue weighted by Crippen LogP contribution is -2.61. The molecule has 310 valence electrons. The highest BCUT2D eigenvalue weighted by molar-refractivity contribution is 6.01. The molecular weight excluding hydrogens is 763 g/mol. The monoisotopic (exact) mass is 809 g/mol. The number of carbonyl (C=O) groups is 8. The normalized spacial score (nSPS) is 26.4. The highest BCUT2D eigenvalue weighted by Crippen LogP contribution is 2.26. The maximum absolute atomic E-state index is 14.7. The second-order valence-corrected chi connectivity index (χ2v) is 14.9.